The topological polar surface area (TPSA) is 49.4 Å². The van der Waals surface area contributed by atoms with E-state index in [4.69, 9.17) is 0 Å². The van der Waals surface area contributed by atoms with Crippen molar-refractivity contribution < 1.29 is 8.42 Å². The van der Waals surface area contributed by atoms with Crippen LogP contribution < -0.4 is 5.32 Å². The first kappa shape index (κ1) is 16.2. The quantitative estimate of drug-likeness (QED) is 0.861. The van der Waals surface area contributed by atoms with Crippen LogP contribution in [0.1, 0.15) is 39.5 Å². The normalized spacial score (nSPS) is 31.2. The molecule has 18 heavy (non-hydrogen) atoms. The second kappa shape index (κ2) is 6.55. The number of nitrogens with one attached hydrogen (secondary N) is 1. The molecule has 0 bridgehead atoms. The summed E-state index contributed by atoms with van der Waals surface area (Å²) in [6.07, 6.45) is 4.59. The van der Waals surface area contributed by atoms with Crippen LogP contribution >= 0.6 is 12.4 Å². The van der Waals surface area contributed by atoms with Crippen molar-refractivity contribution in [3.63, 3.8) is 0 Å². The molecular weight excluding hydrogens is 272 g/mol. The molecule has 2 aliphatic rings. The molecule has 4 nitrogen and oxygen atoms in total. The van der Waals surface area contributed by atoms with Crippen LogP contribution in [-0.4, -0.2) is 43.6 Å². The van der Waals surface area contributed by atoms with E-state index in [1.807, 2.05) is 13.8 Å². The molecule has 0 aromatic rings. The summed E-state index contributed by atoms with van der Waals surface area (Å²) in [4.78, 5) is 0. The Morgan fingerprint density at radius 1 is 1.22 bits per heavy atom. The van der Waals surface area contributed by atoms with Gasteiger partial charge in [0, 0.05) is 25.2 Å². The van der Waals surface area contributed by atoms with E-state index in [2.05, 4.69) is 5.32 Å². The minimum atomic E-state index is -3.06. The second-order valence-corrected chi connectivity index (χ2v) is 7.62. The molecule has 1 aliphatic heterocycles. The predicted molar refractivity (Wildman–Crippen MR) is 76.6 cm³/mol. The van der Waals surface area contributed by atoms with Gasteiger partial charge in [-0.15, -0.1) is 12.4 Å². The molecule has 0 radical (unpaired) electrons. The molecule has 2 unspecified atom stereocenters. The van der Waals surface area contributed by atoms with Gasteiger partial charge in [0.2, 0.25) is 10.0 Å². The van der Waals surface area contributed by atoms with E-state index in [9.17, 15) is 8.42 Å². The predicted octanol–water partition coefficient (Wildman–Crippen LogP) is 1.61. The van der Waals surface area contributed by atoms with Crippen molar-refractivity contribution in [1.29, 1.82) is 0 Å². The van der Waals surface area contributed by atoms with Gasteiger partial charge in [0.05, 0.1) is 5.75 Å². The number of hydrogen-bond acceptors (Lipinski definition) is 3. The highest BCUT2D eigenvalue weighted by atomic mass is 35.5. The average Bonchev–Trinajstić information content (AvgIpc) is 2.73. The molecule has 1 saturated carbocycles. The van der Waals surface area contributed by atoms with Crippen molar-refractivity contribution >= 4 is 22.4 Å². The first-order chi connectivity index (χ1) is 7.99. The summed E-state index contributed by atoms with van der Waals surface area (Å²) in [5.74, 6) is 0.766. The third kappa shape index (κ3) is 3.83. The van der Waals surface area contributed by atoms with Crippen LogP contribution in [-0.2, 0) is 10.0 Å². The lowest BCUT2D eigenvalue weighted by atomic mass is 10.1. The number of sulfonamides is 1. The Kier molecular flexibility index (Phi) is 5.90. The number of piperazine rings is 1. The fourth-order valence-corrected chi connectivity index (χ4v) is 5.14. The van der Waals surface area contributed by atoms with Gasteiger partial charge in [0.1, 0.15) is 0 Å². The van der Waals surface area contributed by atoms with E-state index < -0.39 is 10.0 Å². The summed E-state index contributed by atoms with van der Waals surface area (Å²) in [6, 6.07) is 0.363. The maximum absolute atomic E-state index is 12.4. The molecule has 0 spiro atoms. The molecule has 1 heterocycles. The zero-order valence-corrected chi connectivity index (χ0v) is 12.9. The molecule has 0 aromatic heterocycles. The summed E-state index contributed by atoms with van der Waals surface area (Å²) >= 11 is 0. The minimum absolute atomic E-state index is 0. The Bertz CT molecular complexity index is 355. The Balaban J connectivity index is 0.00000162. The van der Waals surface area contributed by atoms with Crippen LogP contribution in [0, 0.1) is 5.92 Å². The van der Waals surface area contributed by atoms with Crippen molar-refractivity contribution in [3.05, 3.63) is 0 Å². The Morgan fingerprint density at radius 2 is 1.83 bits per heavy atom. The number of hydrogen-bond donors (Lipinski definition) is 1. The van der Waals surface area contributed by atoms with E-state index in [1.54, 1.807) is 4.31 Å². The van der Waals surface area contributed by atoms with E-state index >= 15 is 0 Å². The molecule has 6 heteroatoms. The fourth-order valence-electron chi connectivity index (χ4n) is 2.95. The molecule has 2 fully saturated rings. The van der Waals surface area contributed by atoms with Gasteiger partial charge in [-0.3, -0.25) is 0 Å². The van der Waals surface area contributed by atoms with Gasteiger partial charge >= 0.3 is 0 Å². The van der Waals surface area contributed by atoms with Crippen molar-refractivity contribution in [1.82, 2.24) is 9.62 Å². The van der Waals surface area contributed by atoms with Crippen LogP contribution in [0.15, 0.2) is 0 Å². The van der Waals surface area contributed by atoms with E-state index in [0.717, 1.165) is 19.4 Å². The Morgan fingerprint density at radius 3 is 2.44 bits per heavy atom. The lowest BCUT2D eigenvalue weighted by Gasteiger charge is -2.37. The first-order valence-electron chi connectivity index (χ1n) is 6.72. The molecule has 2 atom stereocenters. The minimum Gasteiger partial charge on any atom is -0.311 e. The number of halogens is 1. The highest BCUT2D eigenvalue weighted by molar-refractivity contribution is 7.89. The molecule has 1 aliphatic carbocycles. The van der Waals surface area contributed by atoms with Gasteiger partial charge in [-0.25, -0.2) is 8.42 Å². The van der Waals surface area contributed by atoms with Gasteiger partial charge in [-0.1, -0.05) is 12.8 Å². The van der Waals surface area contributed by atoms with Gasteiger partial charge in [-0.2, -0.15) is 4.31 Å². The SMILES string of the molecule is CC1CN(S(=O)(=O)CC2CCCC2)C(C)CN1.Cl. The lowest BCUT2D eigenvalue weighted by molar-refractivity contribution is 0.243. The van der Waals surface area contributed by atoms with Crippen LogP contribution in [0.5, 0.6) is 0 Å². The summed E-state index contributed by atoms with van der Waals surface area (Å²) in [5, 5.41) is 3.32. The summed E-state index contributed by atoms with van der Waals surface area (Å²) in [6.45, 7) is 5.43. The highest BCUT2D eigenvalue weighted by Crippen LogP contribution is 2.27. The largest absolute Gasteiger partial charge is 0.311 e. The molecule has 1 N–H and O–H groups in total. The van der Waals surface area contributed by atoms with Crippen LogP contribution in [0.4, 0.5) is 0 Å². The molecule has 2 rings (SSSR count). The number of nitrogens with zero attached hydrogens (tertiary/aromatic N) is 1. The lowest BCUT2D eigenvalue weighted by Crippen LogP contribution is -2.56. The van der Waals surface area contributed by atoms with E-state index in [-0.39, 0.29) is 24.5 Å². The van der Waals surface area contributed by atoms with Crippen LogP contribution in [0.2, 0.25) is 0 Å². The first-order valence-corrected chi connectivity index (χ1v) is 8.33. The maximum atomic E-state index is 12.4. The van der Waals surface area contributed by atoms with Crippen molar-refractivity contribution in [2.45, 2.75) is 51.6 Å². The third-order valence-corrected chi connectivity index (χ3v) is 6.10. The average molecular weight is 297 g/mol. The number of rotatable bonds is 3. The zero-order chi connectivity index (χ0) is 12.5. The standard InChI is InChI=1S/C12H24N2O2S.ClH/c1-10-8-14(11(2)7-13-10)17(15,16)9-12-5-3-4-6-12;/h10-13H,3-9H2,1-2H3;1H. The summed E-state index contributed by atoms with van der Waals surface area (Å²) in [7, 11) is -3.06. The molecule has 1 saturated heterocycles. The highest BCUT2D eigenvalue weighted by Gasteiger charge is 2.34. The van der Waals surface area contributed by atoms with Crippen LogP contribution in [0.3, 0.4) is 0 Å². The summed E-state index contributed by atoms with van der Waals surface area (Å²) < 4.78 is 26.5. The Hall–Kier alpha value is 0.160. The van der Waals surface area contributed by atoms with Gasteiger partial charge in [0.15, 0.2) is 0 Å². The molecule has 0 aromatic carbocycles. The van der Waals surface area contributed by atoms with Gasteiger partial charge in [-0.05, 0) is 32.6 Å². The van der Waals surface area contributed by atoms with Crippen LogP contribution in [0.25, 0.3) is 0 Å². The van der Waals surface area contributed by atoms with Crippen molar-refractivity contribution in [2.75, 3.05) is 18.8 Å². The second-order valence-electron chi connectivity index (χ2n) is 5.66. The van der Waals surface area contributed by atoms with E-state index in [1.165, 1.54) is 12.8 Å². The Labute approximate surface area is 117 Å². The smallest absolute Gasteiger partial charge is 0.214 e. The zero-order valence-electron chi connectivity index (χ0n) is 11.3. The van der Waals surface area contributed by atoms with Gasteiger partial charge in [0.25, 0.3) is 0 Å². The molecule has 0 amide bonds. The van der Waals surface area contributed by atoms with Gasteiger partial charge < -0.3 is 5.32 Å². The monoisotopic (exact) mass is 296 g/mol. The van der Waals surface area contributed by atoms with Crippen molar-refractivity contribution in [3.8, 4) is 0 Å². The fraction of sp³-hybridized carbons (Fsp3) is 1.00. The molecular formula is C12H25ClN2O2S. The van der Waals surface area contributed by atoms with Crippen molar-refractivity contribution in [2.24, 2.45) is 5.92 Å². The maximum Gasteiger partial charge on any atom is 0.214 e. The van der Waals surface area contributed by atoms with E-state index in [0.29, 0.717) is 18.2 Å². The summed E-state index contributed by atoms with van der Waals surface area (Å²) in [5.41, 5.74) is 0. The molecule has 108 valence electrons. The third-order valence-electron chi connectivity index (χ3n) is 3.99.